The van der Waals surface area contributed by atoms with Crippen molar-refractivity contribution in [3.63, 3.8) is 0 Å². The number of rotatable bonds is 9. The molecule has 6 nitrogen and oxygen atoms in total. The Balaban J connectivity index is 2.86. The Labute approximate surface area is 152 Å². The average Bonchev–Trinajstić information content (AvgIpc) is 2.40. The van der Waals surface area contributed by atoms with Crippen LogP contribution in [0.15, 0.2) is 29.2 Å². The molecule has 130 valence electrons. The van der Waals surface area contributed by atoms with Crippen LogP contribution in [0.3, 0.4) is 0 Å². The highest BCUT2D eigenvalue weighted by atomic mass is 127. The van der Waals surface area contributed by atoms with Gasteiger partial charge in [-0.2, -0.15) is 4.31 Å². The second kappa shape index (κ2) is 8.56. The second-order valence-electron chi connectivity index (χ2n) is 6.39. The van der Waals surface area contributed by atoms with Gasteiger partial charge in [0.1, 0.15) is 6.73 Å². The first-order valence-corrected chi connectivity index (χ1v) is 13.4. The van der Waals surface area contributed by atoms with E-state index < -0.39 is 30.5 Å². The van der Waals surface area contributed by atoms with Gasteiger partial charge in [0.05, 0.1) is 11.4 Å². The van der Waals surface area contributed by atoms with Crippen molar-refractivity contribution in [3.8, 4) is 0 Å². The zero-order valence-electron chi connectivity index (χ0n) is 13.6. The van der Waals surface area contributed by atoms with Crippen LogP contribution in [-0.2, 0) is 19.6 Å². The minimum atomic E-state index is -3.82. The predicted octanol–water partition coefficient (Wildman–Crippen LogP) is 2.08. The van der Waals surface area contributed by atoms with Crippen LogP contribution in [0, 0.1) is 3.57 Å². The van der Waals surface area contributed by atoms with Crippen LogP contribution in [-0.4, -0.2) is 46.6 Å². The molecular formula is C14H23IN2O4SSi. The number of benzene rings is 1. The summed E-state index contributed by atoms with van der Waals surface area (Å²) in [6.45, 7) is 6.51. The largest absolute Gasteiger partial charge is 0.369 e. The van der Waals surface area contributed by atoms with E-state index in [-0.39, 0.29) is 11.6 Å². The average molecular weight is 470 g/mol. The smallest absolute Gasteiger partial charge is 0.245 e. The van der Waals surface area contributed by atoms with Gasteiger partial charge in [-0.25, -0.2) is 8.42 Å². The molecule has 0 aliphatic heterocycles. The fourth-order valence-corrected chi connectivity index (χ4v) is 4.54. The van der Waals surface area contributed by atoms with Crippen LogP contribution in [0.2, 0.25) is 25.7 Å². The number of carbonyl (C=O) groups excluding carboxylic acids is 1. The van der Waals surface area contributed by atoms with Gasteiger partial charge < -0.3 is 10.5 Å². The molecule has 0 radical (unpaired) electrons. The molecule has 2 N–H and O–H groups in total. The van der Waals surface area contributed by atoms with Crippen molar-refractivity contribution in [1.29, 1.82) is 0 Å². The molecule has 0 aliphatic rings. The Kier molecular flexibility index (Phi) is 7.65. The summed E-state index contributed by atoms with van der Waals surface area (Å²) in [6, 6.07) is 7.41. The van der Waals surface area contributed by atoms with E-state index in [4.69, 9.17) is 10.5 Å². The lowest BCUT2D eigenvalue weighted by molar-refractivity contribution is -0.119. The Hall–Kier alpha value is -0.493. The molecule has 1 aromatic carbocycles. The van der Waals surface area contributed by atoms with Gasteiger partial charge in [0, 0.05) is 18.3 Å². The monoisotopic (exact) mass is 470 g/mol. The number of nitrogens with zero attached hydrogens (tertiary/aromatic N) is 1. The molecule has 0 atom stereocenters. The summed E-state index contributed by atoms with van der Waals surface area (Å²) in [4.78, 5) is 11.3. The van der Waals surface area contributed by atoms with Gasteiger partial charge in [0.25, 0.3) is 0 Å². The number of hydrogen-bond donors (Lipinski definition) is 1. The van der Waals surface area contributed by atoms with Crippen molar-refractivity contribution in [2.24, 2.45) is 5.73 Å². The van der Waals surface area contributed by atoms with Crippen molar-refractivity contribution >= 4 is 46.6 Å². The first-order chi connectivity index (χ1) is 10.5. The van der Waals surface area contributed by atoms with Gasteiger partial charge in [0.15, 0.2) is 0 Å². The molecule has 0 heterocycles. The molecule has 0 aromatic heterocycles. The Morgan fingerprint density at radius 3 is 2.52 bits per heavy atom. The number of hydrogen-bond acceptors (Lipinski definition) is 4. The van der Waals surface area contributed by atoms with E-state index in [1.807, 2.05) is 22.6 Å². The molecule has 23 heavy (non-hydrogen) atoms. The van der Waals surface area contributed by atoms with Crippen molar-refractivity contribution in [2.75, 3.05) is 19.9 Å². The van der Waals surface area contributed by atoms with Crippen molar-refractivity contribution in [3.05, 3.63) is 27.8 Å². The SMILES string of the molecule is C[Si](C)(C)CCOCN(CC(N)=O)S(=O)(=O)c1cccc(I)c1. The molecule has 0 spiro atoms. The highest BCUT2D eigenvalue weighted by Crippen LogP contribution is 2.18. The number of ether oxygens (including phenoxy) is 1. The first kappa shape index (κ1) is 20.6. The van der Waals surface area contributed by atoms with E-state index in [0.29, 0.717) is 6.61 Å². The lowest BCUT2D eigenvalue weighted by atomic mass is 10.4. The zero-order valence-corrected chi connectivity index (χ0v) is 17.6. The van der Waals surface area contributed by atoms with Crippen LogP contribution in [0.4, 0.5) is 0 Å². The van der Waals surface area contributed by atoms with E-state index in [9.17, 15) is 13.2 Å². The molecule has 0 aliphatic carbocycles. The number of primary amides is 1. The van der Waals surface area contributed by atoms with E-state index in [1.165, 1.54) is 6.07 Å². The molecule has 1 amide bonds. The molecular weight excluding hydrogens is 447 g/mol. The third kappa shape index (κ3) is 7.29. The maximum atomic E-state index is 12.7. The van der Waals surface area contributed by atoms with Gasteiger partial charge in [-0.3, -0.25) is 4.79 Å². The van der Waals surface area contributed by atoms with Crippen molar-refractivity contribution < 1.29 is 17.9 Å². The van der Waals surface area contributed by atoms with Crippen molar-refractivity contribution in [1.82, 2.24) is 4.31 Å². The van der Waals surface area contributed by atoms with E-state index >= 15 is 0 Å². The van der Waals surface area contributed by atoms with Gasteiger partial charge >= 0.3 is 0 Å². The summed E-state index contributed by atoms with van der Waals surface area (Å²) in [5, 5.41) is 0. The lowest BCUT2D eigenvalue weighted by Crippen LogP contribution is -2.40. The molecule has 0 bridgehead atoms. The number of halogens is 1. The second-order valence-corrected chi connectivity index (χ2v) is 15.2. The molecule has 0 saturated heterocycles. The molecule has 0 saturated carbocycles. The van der Waals surface area contributed by atoms with Crippen LogP contribution in [0.5, 0.6) is 0 Å². The van der Waals surface area contributed by atoms with E-state index in [0.717, 1.165) is 13.9 Å². The molecule has 1 aromatic rings. The fourth-order valence-electron chi connectivity index (χ4n) is 1.70. The quantitative estimate of drug-likeness (QED) is 0.259. The number of carbonyl (C=O) groups is 1. The summed E-state index contributed by atoms with van der Waals surface area (Å²) in [5.41, 5.74) is 5.18. The maximum absolute atomic E-state index is 12.7. The zero-order chi connectivity index (χ0) is 17.7. The van der Waals surface area contributed by atoms with Crippen LogP contribution >= 0.6 is 22.6 Å². The van der Waals surface area contributed by atoms with E-state index in [2.05, 4.69) is 19.6 Å². The Morgan fingerprint density at radius 1 is 1.35 bits per heavy atom. The van der Waals surface area contributed by atoms with Gasteiger partial charge in [-0.1, -0.05) is 25.7 Å². The molecule has 1 rings (SSSR count). The fraction of sp³-hybridized carbons (Fsp3) is 0.500. The maximum Gasteiger partial charge on any atom is 0.245 e. The topological polar surface area (TPSA) is 89.7 Å². The van der Waals surface area contributed by atoms with Gasteiger partial charge in [-0.05, 0) is 46.8 Å². The summed E-state index contributed by atoms with van der Waals surface area (Å²) < 4.78 is 32.6. The lowest BCUT2D eigenvalue weighted by Gasteiger charge is -2.22. The molecule has 9 heteroatoms. The highest BCUT2D eigenvalue weighted by Gasteiger charge is 2.26. The van der Waals surface area contributed by atoms with E-state index in [1.54, 1.807) is 18.2 Å². The Bertz CT molecular complexity index is 646. The first-order valence-electron chi connectivity index (χ1n) is 7.14. The standard InChI is InChI=1S/C14H23IN2O4SSi/c1-23(2,3)8-7-21-11-17(10-14(16)18)22(19,20)13-6-4-5-12(15)9-13/h4-6,9H,7-8,10-11H2,1-3H3,(H2,16,18). The Morgan fingerprint density at radius 2 is 2.00 bits per heavy atom. The minimum Gasteiger partial charge on any atom is -0.369 e. The van der Waals surface area contributed by atoms with Crippen LogP contribution in [0.1, 0.15) is 0 Å². The van der Waals surface area contributed by atoms with Crippen LogP contribution < -0.4 is 5.73 Å². The summed E-state index contributed by atoms with van der Waals surface area (Å²) in [6.07, 6.45) is 0. The minimum absolute atomic E-state index is 0.124. The van der Waals surface area contributed by atoms with Crippen LogP contribution in [0.25, 0.3) is 0 Å². The van der Waals surface area contributed by atoms with Gasteiger partial charge in [-0.15, -0.1) is 0 Å². The summed E-state index contributed by atoms with van der Waals surface area (Å²) >= 11 is 2.04. The third-order valence-electron chi connectivity index (χ3n) is 3.00. The number of nitrogens with two attached hydrogens (primary N) is 1. The van der Waals surface area contributed by atoms with Crippen molar-refractivity contribution in [2.45, 2.75) is 30.6 Å². The summed E-state index contributed by atoms with van der Waals surface area (Å²) in [7, 11) is -5.08. The highest BCUT2D eigenvalue weighted by molar-refractivity contribution is 14.1. The predicted molar refractivity (Wildman–Crippen MR) is 101 cm³/mol. The summed E-state index contributed by atoms with van der Waals surface area (Å²) in [5.74, 6) is -0.715. The number of amides is 1. The normalized spacial score (nSPS) is 12.6. The molecule has 0 fully saturated rings. The number of sulfonamides is 1. The third-order valence-corrected chi connectivity index (χ3v) is 7.14. The molecule has 0 unspecified atom stereocenters. The van der Waals surface area contributed by atoms with Gasteiger partial charge in [0.2, 0.25) is 15.9 Å².